The Kier molecular flexibility index (Phi) is 5.90. The second-order valence-electron chi connectivity index (χ2n) is 4.21. The van der Waals surface area contributed by atoms with Crippen molar-refractivity contribution >= 4 is 23.2 Å². The number of ether oxygens (including phenoxy) is 1. The second kappa shape index (κ2) is 7.42. The highest BCUT2D eigenvalue weighted by atomic mass is 19.1. The molecule has 0 unspecified atom stereocenters. The summed E-state index contributed by atoms with van der Waals surface area (Å²) in [5.74, 6) is -0.813. The summed E-state index contributed by atoms with van der Waals surface area (Å²) in [6.07, 6.45) is 1.51. The van der Waals surface area contributed by atoms with Crippen LogP contribution >= 0.6 is 0 Å². The van der Waals surface area contributed by atoms with Gasteiger partial charge in [-0.15, -0.1) is 0 Å². The monoisotopic (exact) mass is 295 g/mol. The SMILES string of the molecule is CCC=O.CCOc1cc(F)cc2c(C)c(C(N)=O)oc12. The van der Waals surface area contributed by atoms with Gasteiger partial charge in [-0.1, -0.05) is 6.92 Å². The Labute approximate surface area is 121 Å². The molecule has 5 nitrogen and oxygen atoms in total. The molecular formula is C15H18FNO4. The largest absolute Gasteiger partial charge is 0.490 e. The summed E-state index contributed by atoms with van der Waals surface area (Å²) in [6, 6.07) is 2.52. The number of fused-ring (bicyclic) bond motifs is 1. The summed E-state index contributed by atoms with van der Waals surface area (Å²) >= 11 is 0. The van der Waals surface area contributed by atoms with E-state index in [-0.39, 0.29) is 11.5 Å². The van der Waals surface area contributed by atoms with E-state index in [1.807, 2.05) is 6.92 Å². The van der Waals surface area contributed by atoms with Gasteiger partial charge >= 0.3 is 0 Å². The van der Waals surface area contributed by atoms with Crippen molar-refractivity contribution in [2.45, 2.75) is 27.2 Å². The van der Waals surface area contributed by atoms with Crippen molar-refractivity contribution in [3.63, 3.8) is 0 Å². The molecule has 21 heavy (non-hydrogen) atoms. The third-order valence-corrected chi connectivity index (χ3v) is 2.66. The minimum atomic E-state index is -0.679. The van der Waals surface area contributed by atoms with Crippen molar-refractivity contribution in [2.75, 3.05) is 6.61 Å². The van der Waals surface area contributed by atoms with Crippen LogP contribution in [-0.2, 0) is 4.79 Å². The molecule has 6 heteroatoms. The number of hydrogen-bond donors (Lipinski definition) is 1. The fourth-order valence-corrected chi connectivity index (χ4v) is 1.75. The van der Waals surface area contributed by atoms with E-state index in [0.29, 0.717) is 29.6 Å². The summed E-state index contributed by atoms with van der Waals surface area (Å²) in [4.78, 5) is 20.3. The second-order valence-corrected chi connectivity index (χ2v) is 4.21. The van der Waals surface area contributed by atoms with Crippen molar-refractivity contribution in [1.82, 2.24) is 0 Å². The molecule has 1 aromatic heterocycles. The van der Waals surface area contributed by atoms with Gasteiger partial charge in [-0.05, 0) is 19.9 Å². The molecule has 114 valence electrons. The first kappa shape index (κ1) is 16.7. The number of furan rings is 1. The molecule has 1 aromatic carbocycles. The number of halogens is 1. The molecule has 1 heterocycles. The van der Waals surface area contributed by atoms with Crippen LogP contribution in [0.5, 0.6) is 5.75 Å². The highest BCUT2D eigenvalue weighted by Gasteiger charge is 2.19. The van der Waals surface area contributed by atoms with Gasteiger partial charge < -0.3 is 19.7 Å². The topological polar surface area (TPSA) is 82.5 Å². The van der Waals surface area contributed by atoms with Gasteiger partial charge in [-0.25, -0.2) is 4.39 Å². The number of carbonyl (C=O) groups excluding carboxylic acids is 2. The third kappa shape index (κ3) is 3.81. The maximum Gasteiger partial charge on any atom is 0.284 e. The van der Waals surface area contributed by atoms with Crippen LogP contribution in [0.25, 0.3) is 11.0 Å². The quantitative estimate of drug-likeness (QED) is 0.879. The number of rotatable bonds is 4. The molecule has 0 atom stereocenters. The van der Waals surface area contributed by atoms with Gasteiger partial charge in [0.2, 0.25) is 0 Å². The lowest BCUT2D eigenvalue weighted by Crippen LogP contribution is -2.10. The fourth-order valence-electron chi connectivity index (χ4n) is 1.75. The lowest BCUT2D eigenvalue weighted by Gasteiger charge is -2.03. The lowest BCUT2D eigenvalue weighted by molar-refractivity contribution is -0.107. The van der Waals surface area contributed by atoms with Crippen LogP contribution < -0.4 is 10.5 Å². The summed E-state index contributed by atoms with van der Waals surface area (Å²) in [7, 11) is 0. The maximum absolute atomic E-state index is 13.4. The molecule has 0 fully saturated rings. The number of aryl methyl sites for hydroxylation is 1. The molecule has 0 aliphatic carbocycles. The Morgan fingerprint density at radius 3 is 2.52 bits per heavy atom. The van der Waals surface area contributed by atoms with Crippen LogP contribution in [0.3, 0.4) is 0 Å². The predicted molar refractivity (Wildman–Crippen MR) is 77.0 cm³/mol. The molecule has 1 amide bonds. The zero-order valence-electron chi connectivity index (χ0n) is 12.2. The normalized spacial score (nSPS) is 9.90. The summed E-state index contributed by atoms with van der Waals surface area (Å²) in [5, 5.41) is 0.502. The van der Waals surface area contributed by atoms with Crippen LogP contribution in [0.15, 0.2) is 16.5 Å². The number of nitrogens with two attached hydrogens (primary N) is 1. The number of hydrogen-bond acceptors (Lipinski definition) is 4. The zero-order chi connectivity index (χ0) is 16.0. The first-order valence-electron chi connectivity index (χ1n) is 6.55. The molecule has 0 aliphatic heterocycles. The smallest absolute Gasteiger partial charge is 0.284 e. The Morgan fingerprint density at radius 1 is 1.43 bits per heavy atom. The van der Waals surface area contributed by atoms with E-state index in [9.17, 15) is 14.0 Å². The standard InChI is InChI=1S/C12H12FNO3.C3H6O/c1-3-16-9-5-7(13)4-8-6(2)10(12(14)15)17-11(8)9;1-2-3-4/h4-5H,3H2,1-2H3,(H2,14,15);3H,2H2,1H3. The molecule has 0 bridgehead atoms. The molecule has 0 saturated carbocycles. The van der Waals surface area contributed by atoms with E-state index >= 15 is 0 Å². The van der Waals surface area contributed by atoms with Crippen LogP contribution in [0.4, 0.5) is 4.39 Å². The minimum absolute atomic E-state index is 0.0338. The third-order valence-electron chi connectivity index (χ3n) is 2.66. The highest BCUT2D eigenvalue weighted by molar-refractivity contribution is 5.99. The molecule has 0 saturated heterocycles. The predicted octanol–water partition coefficient (Wildman–Crippen LogP) is 2.97. The van der Waals surface area contributed by atoms with E-state index in [1.165, 1.54) is 12.1 Å². The van der Waals surface area contributed by atoms with Crippen LogP contribution in [0.2, 0.25) is 0 Å². The molecule has 2 N–H and O–H groups in total. The van der Waals surface area contributed by atoms with Gasteiger partial charge in [0.15, 0.2) is 17.1 Å². The first-order valence-corrected chi connectivity index (χ1v) is 6.55. The molecule has 0 spiro atoms. The van der Waals surface area contributed by atoms with Gasteiger partial charge in [0.25, 0.3) is 5.91 Å². The van der Waals surface area contributed by atoms with Crippen molar-refractivity contribution < 1.29 is 23.1 Å². The summed E-state index contributed by atoms with van der Waals surface area (Å²) in [6.45, 7) is 5.62. The molecule has 0 aliphatic rings. The summed E-state index contributed by atoms with van der Waals surface area (Å²) in [5.41, 5.74) is 6.04. The minimum Gasteiger partial charge on any atom is -0.490 e. The van der Waals surface area contributed by atoms with E-state index in [4.69, 9.17) is 14.9 Å². The number of benzene rings is 1. The average Bonchev–Trinajstić information content (AvgIpc) is 2.77. The van der Waals surface area contributed by atoms with Crippen molar-refractivity contribution in [3.8, 4) is 5.75 Å². The van der Waals surface area contributed by atoms with E-state index < -0.39 is 11.7 Å². The molecule has 0 radical (unpaired) electrons. The Hall–Kier alpha value is -2.37. The first-order chi connectivity index (χ1) is 9.96. The fraction of sp³-hybridized carbons (Fsp3) is 0.333. The highest BCUT2D eigenvalue weighted by Crippen LogP contribution is 2.33. The number of amides is 1. The van der Waals surface area contributed by atoms with Gasteiger partial charge in [-0.2, -0.15) is 0 Å². The van der Waals surface area contributed by atoms with Crippen molar-refractivity contribution in [3.05, 3.63) is 29.3 Å². The molecule has 2 rings (SSSR count). The molecule has 2 aromatic rings. The van der Waals surface area contributed by atoms with Crippen LogP contribution in [0.1, 0.15) is 36.4 Å². The van der Waals surface area contributed by atoms with Crippen molar-refractivity contribution in [2.24, 2.45) is 5.73 Å². The van der Waals surface area contributed by atoms with Gasteiger partial charge in [-0.3, -0.25) is 4.79 Å². The van der Waals surface area contributed by atoms with Gasteiger partial charge in [0, 0.05) is 23.4 Å². The van der Waals surface area contributed by atoms with Gasteiger partial charge in [0.05, 0.1) is 6.61 Å². The Bertz CT molecular complexity index is 649. The lowest BCUT2D eigenvalue weighted by atomic mass is 10.1. The van der Waals surface area contributed by atoms with Gasteiger partial charge in [0.1, 0.15) is 12.1 Å². The average molecular weight is 295 g/mol. The maximum atomic E-state index is 13.4. The van der Waals surface area contributed by atoms with E-state index in [1.54, 1.807) is 13.8 Å². The van der Waals surface area contributed by atoms with E-state index in [2.05, 4.69) is 0 Å². The molecular weight excluding hydrogens is 277 g/mol. The van der Waals surface area contributed by atoms with Crippen molar-refractivity contribution in [1.29, 1.82) is 0 Å². The Balaban J connectivity index is 0.000000491. The van der Waals surface area contributed by atoms with Crippen LogP contribution in [0, 0.1) is 12.7 Å². The number of primary amides is 1. The van der Waals surface area contributed by atoms with Crippen LogP contribution in [-0.4, -0.2) is 18.8 Å². The number of carbonyl (C=O) groups is 2. The Morgan fingerprint density at radius 2 is 2.05 bits per heavy atom. The number of aldehydes is 1. The van der Waals surface area contributed by atoms with E-state index in [0.717, 1.165) is 6.29 Å². The summed E-state index contributed by atoms with van der Waals surface area (Å²) < 4.78 is 24.0. The zero-order valence-corrected chi connectivity index (χ0v) is 12.2.